The van der Waals surface area contributed by atoms with E-state index in [9.17, 15) is 4.79 Å². The molecule has 3 nitrogen and oxygen atoms in total. The molecule has 2 aliphatic heterocycles. The molecule has 0 bridgehead atoms. The number of carbonyl (C=O) groups is 1. The van der Waals surface area contributed by atoms with Gasteiger partial charge in [-0.25, -0.2) is 0 Å². The summed E-state index contributed by atoms with van der Waals surface area (Å²) < 4.78 is 0. The fraction of sp³-hybridized carbons (Fsp3) is 0.611. The van der Waals surface area contributed by atoms with Gasteiger partial charge in [0.25, 0.3) is 0 Å². The molecule has 122 valence electrons. The van der Waals surface area contributed by atoms with E-state index in [0.29, 0.717) is 11.9 Å². The maximum atomic E-state index is 12.6. The first-order valence-electron chi connectivity index (χ1n) is 8.31. The molecule has 1 amide bonds. The van der Waals surface area contributed by atoms with Gasteiger partial charge < -0.3 is 10.2 Å². The monoisotopic (exact) mass is 322 g/mol. The van der Waals surface area contributed by atoms with Crippen molar-refractivity contribution in [1.29, 1.82) is 0 Å². The van der Waals surface area contributed by atoms with Gasteiger partial charge in [0, 0.05) is 19.0 Å². The Morgan fingerprint density at radius 1 is 1.23 bits per heavy atom. The number of carbonyl (C=O) groups excluding carboxylic acids is 1. The highest BCUT2D eigenvalue weighted by Gasteiger charge is 2.26. The predicted molar refractivity (Wildman–Crippen MR) is 92.2 cm³/mol. The second-order valence-corrected chi connectivity index (χ2v) is 6.58. The number of halogens is 1. The minimum Gasteiger partial charge on any atom is -0.335 e. The summed E-state index contributed by atoms with van der Waals surface area (Å²) >= 11 is 0. The minimum absolute atomic E-state index is 0. The second kappa shape index (κ2) is 7.98. The molecule has 1 saturated heterocycles. The molecule has 1 atom stereocenters. The Balaban J connectivity index is 0.00000176. The molecule has 22 heavy (non-hydrogen) atoms. The molecule has 0 spiro atoms. The molecule has 1 aromatic rings. The maximum Gasteiger partial charge on any atom is 0.223 e. The van der Waals surface area contributed by atoms with Crippen molar-refractivity contribution in [3.05, 3.63) is 35.4 Å². The van der Waals surface area contributed by atoms with Crippen LogP contribution in [0.5, 0.6) is 0 Å². The van der Waals surface area contributed by atoms with E-state index in [2.05, 4.69) is 41.4 Å². The van der Waals surface area contributed by atoms with Gasteiger partial charge in [0.15, 0.2) is 0 Å². The maximum absolute atomic E-state index is 12.6. The summed E-state index contributed by atoms with van der Waals surface area (Å²) in [7, 11) is 0. The molecule has 1 N–H and O–H groups in total. The van der Waals surface area contributed by atoms with Gasteiger partial charge in [-0.3, -0.25) is 4.79 Å². The zero-order valence-electron chi connectivity index (χ0n) is 13.4. The molecule has 0 radical (unpaired) electrons. The van der Waals surface area contributed by atoms with Crippen LogP contribution in [0.3, 0.4) is 0 Å². The molecular weight excluding hydrogens is 296 g/mol. The zero-order valence-corrected chi connectivity index (χ0v) is 14.2. The summed E-state index contributed by atoms with van der Waals surface area (Å²) in [6, 6.07) is 8.87. The number of piperidine rings is 1. The van der Waals surface area contributed by atoms with Crippen molar-refractivity contribution in [3.63, 3.8) is 0 Å². The van der Waals surface area contributed by atoms with Gasteiger partial charge in [-0.15, -0.1) is 12.4 Å². The number of hydrogen-bond acceptors (Lipinski definition) is 2. The van der Waals surface area contributed by atoms with E-state index in [1.165, 1.54) is 24.0 Å². The lowest BCUT2D eigenvalue weighted by Crippen LogP contribution is -2.42. The van der Waals surface area contributed by atoms with Crippen LogP contribution in [-0.2, 0) is 17.8 Å². The topological polar surface area (TPSA) is 32.3 Å². The molecule has 1 aromatic carbocycles. The molecule has 3 rings (SSSR count). The van der Waals surface area contributed by atoms with Crippen LogP contribution >= 0.6 is 12.4 Å². The number of rotatable bonds is 3. The SMILES string of the molecule is CC1Cc2ccccc2CN1C(=O)CCC1CCNCC1.Cl. The highest BCUT2D eigenvalue weighted by molar-refractivity contribution is 5.85. The number of benzene rings is 1. The standard InChI is InChI=1S/C18H26N2O.ClH/c1-14-12-16-4-2-3-5-17(16)13-20(14)18(21)7-6-15-8-10-19-11-9-15;/h2-5,14-15,19H,6-13H2,1H3;1H. The van der Waals surface area contributed by atoms with Crippen molar-refractivity contribution in [2.45, 2.75) is 51.6 Å². The Kier molecular flexibility index (Phi) is 6.27. The molecule has 0 saturated carbocycles. The molecular formula is C18H27ClN2O. The number of hydrogen-bond donors (Lipinski definition) is 1. The van der Waals surface area contributed by atoms with E-state index in [1.807, 2.05) is 0 Å². The molecule has 0 aliphatic carbocycles. The number of nitrogens with one attached hydrogen (secondary N) is 1. The fourth-order valence-corrected chi connectivity index (χ4v) is 3.65. The largest absolute Gasteiger partial charge is 0.335 e. The Hall–Kier alpha value is -1.06. The summed E-state index contributed by atoms with van der Waals surface area (Å²) in [4.78, 5) is 14.7. The number of nitrogens with zero attached hydrogens (tertiary/aromatic N) is 1. The Morgan fingerprint density at radius 2 is 1.91 bits per heavy atom. The van der Waals surface area contributed by atoms with Gasteiger partial charge in [0.05, 0.1) is 0 Å². The second-order valence-electron chi connectivity index (χ2n) is 6.58. The smallest absolute Gasteiger partial charge is 0.223 e. The number of fused-ring (bicyclic) bond motifs is 1. The molecule has 1 fully saturated rings. The molecule has 2 heterocycles. The summed E-state index contributed by atoms with van der Waals surface area (Å²) in [5, 5.41) is 3.39. The van der Waals surface area contributed by atoms with Crippen LogP contribution in [0.25, 0.3) is 0 Å². The average Bonchev–Trinajstić information content (AvgIpc) is 2.53. The van der Waals surface area contributed by atoms with E-state index >= 15 is 0 Å². The van der Waals surface area contributed by atoms with Crippen molar-refractivity contribution in [1.82, 2.24) is 10.2 Å². The van der Waals surface area contributed by atoms with Crippen LogP contribution in [0.2, 0.25) is 0 Å². The quantitative estimate of drug-likeness (QED) is 0.927. The number of amides is 1. The van der Waals surface area contributed by atoms with Gasteiger partial charge in [0.1, 0.15) is 0 Å². The van der Waals surface area contributed by atoms with Crippen LogP contribution in [0.1, 0.15) is 43.7 Å². The third-order valence-electron chi connectivity index (χ3n) is 5.05. The van der Waals surface area contributed by atoms with Crippen molar-refractivity contribution in [2.75, 3.05) is 13.1 Å². The van der Waals surface area contributed by atoms with Gasteiger partial charge in [-0.05, 0) is 62.7 Å². The summed E-state index contributed by atoms with van der Waals surface area (Å²) in [5.41, 5.74) is 2.73. The fourth-order valence-electron chi connectivity index (χ4n) is 3.65. The molecule has 4 heteroatoms. The van der Waals surface area contributed by atoms with Crippen LogP contribution < -0.4 is 5.32 Å². The molecule has 2 aliphatic rings. The lowest BCUT2D eigenvalue weighted by Gasteiger charge is -2.35. The molecule has 0 aromatic heterocycles. The van der Waals surface area contributed by atoms with Crippen LogP contribution in [0.15, 0.2) is 24.3 Å². The van der Waals surface area contributed by atoms with Crippen molar-refractivity contribution < 1.29 is 4.79 Å². The third-order valence-corrected chi connectivity index (χ3v) is 5.05. The summed E-state index contributed by atoms with van der Waals surface area (Å²) in [6.07, 6.45) is 5.23. The van der Waals surface area contributed by atoms with Crippen LogP contribution in [0, 0.1) is 5.92 Å². The van der Waals surface area contributed by atoms with Gasteiger partial charge in [0.2, 0.25) is 5.91 Å². The first kappa shape index (κ1) is 17.3. The summed E-state index contributed by atoms with van der Waals surface area (Å²) in [6.45, 7) is 5.21. The van der Waals surface area contributed by atoms with Gasteiger partial charge >= 0.3 is 0 Å². The van der Waals surface area contributed by atoms with Crippen molar-refractivity contribution >= 4 is 18.3 Å². The van der Waals surface area contributed by atoms with E-state index in [1.54, 1.807) is 0 Å². The Bertz CT molecular complexity index is 500. The van der Waals surface area contributed by atoms with Crippen LogP contribution in [-0.4, -0.2) is 29.9 Å². The normalized spacial score (nSPS) is 21.9. The van der Waals surface area contributed by atoms with E-state index in [4.69, 9.17) is 0 Å². The minimum atomic E-state index is 0. The van der Waals surface area contributed by atoms with E-state index in [0.717, 1.165) is 44.8 Å². The highest BCUT2D eigenvalue weighted by atomic mass is 35.5. The summed E-state index contributed by atoms with van der Waals surface area (Å²) in [5.74, 6) is 1.08. The first-order chi connectivity index (χ1) is 10.2. The van der Waals surface area contributed by atoms with Gasteiger partial charge in [-0.2, -0.15) is 0 Å². The Morgan fingerprint density at radius 3 is 2.64 bits per heavy atom. The highest BCUT2D eigenvalue weighted by Crippen LogP contribution is 2.25. The molecule has 1 unspecified atom stereocenters. The van der Waals surface area contributed by atoms with E-state index < -0.39 is 0 Å². The lowest BCUT2D eigenvalue weighted by molar-refractivity contribution is -0.134. The third kappa shape index (κ3) is 4.02. The van der Waals surface area contributed by atoms with E-state index in [-0.39, 0.29) is 12.4 Å². The predicted octanol–water partition coefficient (Wildman–Crippen LogP) is 3.16. The Labute approximate surface area is 139 Å². The van der Waals surface area contributed by atoms with Crippen LogP contribution in [0.4, 0.5) is 0 Å². The van der Waals surface area contributed by atoms with Gasteiger partial charge in [-0.1, -0.05) is 24.3 Å². The van der Waals surface area contributed by atoms with Crippen molar-refractivity contribution in [2.24, 2.45) is 5.92 Å². The first-order valence-corrected chi connectivity index (χ1v) is 8.31. The zero-order chi connectivity index (χ0) is 14.7. The lowest BCUT2D eigenvalue weighted by atomic mass is 9.91. The van der Waals surface area contributed by atoms with Crippen molar-refractivity contribution in [3.8, 4) is 0 Å². The average molecular weight is 323 g/mol.